The first-order valence-electron chi connectivity index (χ1n) is 15.0. The maximum Gasteiger partial charge on any atom is 0.347 e. The Kier molecular flexibility index (Phi) is 7.89. The first-order chi connectivity index (χ1) is 20.5. The van der Waals surface area contributed by atoms with Gasteiger partial charge in [-0.05, 0) is 55.4 Å². The van der Waals surface area contributed by atoms with Crippen LogP contribution < -0.4 is 11.0 Å². The topological polar surface area (TPSA) is 112 Å². The fourth-order valence-electron chi connectivity index (χ4n) is 6.03. The molecule has 3 N–H and O–H groups in total. The van der Waals surface area contributed by atoms with E-state index in [1.165, 1.54) is 4.40 Å². The van der Waals surface area contributed by atoms with Gasteiger partial charge in [0.1, 0.15) is 0 Å². The van der Waals surface area contributed by atoms with Gasteiger partial charge in [-0.2, -0.15) is 5.10 Å². The fraction of sp³-hybridized carbons (Fsp3) is 0.353. The first kappa shape index (κ1) is 27.8. The van der Waals surface area contributed by atoms with Crippen molar-refractivity contribution in [2.45, 2.75) is 76.4 Å². The molecule has 1 aliphatic carbocycles. The minimum Gasteiger partial charge on any atom is -0.393 e. The van der Waals surface area contributed by atoms with Crippen LogP contribution in [0.4, 0.5) is 0 Å². The average Bonchev–Trinajstić information content (AvgIpc) is 3.39. The number of nitrogens with zero attached hydrogens (tertiary/aromatic N) is 3. The van der Waals surface area contributed by atoms with Crippen molar-refractivity contribution >= 4 is 22.5 Å². The van der Waals surface area contributed by atoms with Gasteiger partial charge < -0.3 is 10.4 Å². The number of hydrogen-bond acceptors (Lipinski definition) is 5. The summed E-state index contributed by atoms with van der Waals surface area (Å²) in [6.07, 6.45) is 8.97. The maximum atomic E-state index is 12.9. The molecule has 1 atom stereocenters. The number of pyridine rings is 2. The summed E-state index contributed by atoms with van der Waals surface area (Å²) in [5.41, 5.74) is 5.51. The van der Waals surface area contributed by atoms with E-state index in [1.54, 1.807) is 6.20 Å². The lowest BCUT2D eigenvalue weighted by molar-refractivity contribution is -0.125. The Morgan fingerprint density at radius 3 is 2.55 bits per heavy atom. The van der Waals surface area contributed by atoms with Gasteiger partial charge in [-0.25, -0.2) is 19.3 Å². The summed E-state index contributed by atoms with van der Waals surface area (Å²) >= 11 is 0. The number of aliphatic hydroxyl groups excluding tert-OH is 1. The van der Waals surface area contributed by atoms with Crippen LogP contribution in [0.25, 0.3) is 38.9 Å². The Bertz CT molecular complexity index is 1750. The molecule has 0 spiro atoms. The molecule has 0 radical (unpaired) electrons. The van der Waals surface area contributed by atoms with Gasteiger partial charge in [-0.15, -0.1) is 0 Å². The van der Waals surface area contributed by atoms with Crippen molar-refractivity contribution in [2.75, 3.05) is 0 Å². The van der Waals surface area contributed by atoms with Gasteiger partial charge in [0.15, 0.2) is 5.65 Å². The molecule has 2 aromatic carbocycles. The largest absolute Gasteiger partial charge is 0.393 e. The second-order valence-corrected chi connectivity index (χ2v) is 11.5. The minimum atomic E-state index is -0.419. The highest BCUT2D eigenvalue weighted by molar-refractivity contribution is 5.98. The van der Waals surface area contributed by atoms with E-state index < -0.39 is 6.10 Å². The molecular weight excluding hydrogens is 526 g/mol. The number of carbonyl (C=O) groups excluding carboxylic acids is 1. The number of benzene rings is 2. The summed E-state index contributed by atoms with van der Waals surface area (Å²) in [4.78, 5) is 30.1. The predicted octanol–water partition coefficient (Wildman–Crippen LogP) is 6.12. The smallest absolute Gasteiger partial charge is 0.347 e. The summed E-state index contributed by atoms with van der Waals surface area (Å²) < 4.78 is 1.49. The number of amides is 1. The zero-order chi connectivity index (χ0) is 29.1. The van der Waals surface area contributed by atoms with Crippen molar-refractivity contribution in [3.05, 3.63) is 89.0 Å². The van der Waals surface area contributed by atoms with Gasteiger partial charge in [0.2, 0.25) is 5.91 Å². The molecule has 1 fully saturated rings. The molecule has 216 valence electrons. The first-order valence-corrected chi connectivity index (χ1v) is 15.0. The van der Waals surface area contributed by atoms with Crippen LogP contribution in [0.15, 0.2) is 77.7 Å². The Hall–Kier alpha value is -4.30. The normalized spacial score (nSPS) is 15.0. The lowest BCUT2D eigenvalue weighted by Crippen LogP contribution is -2.50. The number of carbonyl (C=O) groups is 1. The number of rotatable bonds is 11. The van der Waals surface area contributed by atoms with Crippen molar-refractivity contribution in [3.63, 3.8) is 0 Å². The SMILES string of the molecule is CCCCCC(O)CCC(=O)NC1(c2ccc(-c3nc4ccn5c(=O)[nH]nc5c4cc3-c3ccccc3)cc2)CCC1. The third-order valence-corrected chi connectivity index (χ3v) is 8.61. The molecule has 42 heavy (non-hydrogen) atoms. The second-order valence-electron chi connectivity index (χ2n) is 11.5. The Morgan fingerprint density at radius 1 is 1.05 bits per heavy atom. The van der Waals surface area contributed by atoms with Crippen LogP contribution in [0, 0.1) is 0 Å². The number of hydrogen-bond donors (Lipinski definition) is 3. The van der Waals surface area contributed by atoms with Crippen LogP contribution in [-0.2, 0) is 10.3 Å². The number of aromatic amines is 1. The molecule has 1 amide bonds. The van der Waals surface area contributed by atoms with Crippen LogP contribution in [0.3, 0.4) is 0 Å². The number of H-pyrrole nitrogens is 1. The number of fused-ring (bicyclic) bond motifs is 3. The Labute approximate surface area is 244 Å². The Morgan fingerprint density at radius 2 is 1.83 bits per heavy atom. The third-order valence-electron chi connectivity index (χ3n) is 8.61. The quantitative estimate of drug-likeness (QED) is 0.168. The van der Waals surface area contributed by atoms with Crippen molar-refractivity contribution < 1.29 is 9.90 Å². The van der Waals surface area contributed by atoms with E-state index in [0.29, 0.717) is 18.5 Å². The van der Waals surface area contributed by atoms with Gasteiger partial charge >= 0.3 is 5.69 Å². The standard InChI is InChI=1S/C34H37N5O3/c1-2-3-5-11-26(40)16-17-30(41)36-34(19-8-20-34)25-14-12-24(13-15-25)31-27(23-9-6-4-7-10-23)22-28-29(35-31)18-21-39-32(28)37-38-33(39)42/h4,6-7,9-10,12-15,18,21-22,26,40H,2-3,5,8,11,16-17,19-20H2,1H3,(H,36,41)(H,38,42). The fourth-order valence-corrected chi connectivity index (χ4v) is 6.03. The highest BCUT2D eigenvalue weighted by atomic mass is 16.3. The Balaban J connectivity index is 1.28. The number of unbranched alkanes of at least 4 members (excludes halogenated alkanes) is 2. The summed E-state index contributed by atoms with van der Waals surface area (Å²) in [6.45, 7) is 2.15. The van der Waals surface area contributed by atoms with E-state index in [-0.39, 0.29) is 17.1 Å². The van der Waals surface area contributed by atoms with Crippen molar-refractivity contribution in [3.8, 4) is 22.4 Å². The van der Waals surface area contributed by atoms with Gasteiger partial charge in [0.25, 0.3) is 0 Å². The predicted molar refractivity (Wildman–Crippen MR) is 165 cm³/mol. The maximum absolute atomic E-state index is 12.9. The molecule has 5 aromatic rings. The zero-order valence-corrected chi connectivity index (χ0v) is 24.0. The molecule has 1 aliphatic rings. The van der Waals surface area contributed by atoms with Gasteiger partial charge in [0.05, 0.1) is 22.9 Å². The monoisotopic (exact) mass is 563 g/mol. The molecule has 6 rings (SSSR count). The van der Waals surface area contributed by atoms with Crippen molar-refractivity contribution in [1.29, 1.82) is 0 Å². The molecule has 0 saturated heterocycles. The van der Waals surface area contributed by atoms with Crippen LogP contribution in [0.2, 0.25) is 0 Å². The van der Waals surface area contributed by atoms with Gasteiger partial charge in [-0.3, -0.25) is 4.79 Å². The minimum absolute atomic E-state index is 0.000310. The third kappa shape index (κ3) is 5.46. The highest BCUT2D eigenvalue weighted by Gasteiger charge is 2.40. The molecule has 1 unspecified atom stereocenters. The summed E-state index contributed by atoms with van der Waals surface area (Å²) in [5.74, 6) is -0.000310. The second kappa shape index (κ2) is 11.9. The summed E-state index contributed by atoms with van der Waals surface area (Å²) in [5, 5.41) is 21.1. The average molecular weight is 564 g/mol. The number of aliphatic hydroxyl groups is 1. The molecule has 3 aromatic heterocycles. The molecule has 8 nitrogen and oxygen atoms in total. The van der Waals surface area contributed by atoms with Gasteiger partial charge in [-0.1, -0.05) is 80.8 Å². The lowest BCUT2D eigenvalue weighted by atomic mass is 9.71. The molecular formula is C34H37N5O3. The van der Waals surface area contributed by atoms with E-state index in [4.69, 9.17) is 4.98 Å². The highest BCUT2D eigenvalue weighted by Crippen LogP contribution is 2.42. The summed E-state index contributed by atoms with van der Waals surface area (Å²) in [7, 11) is 0. The van der Waals surface area contributed by atoms with E-state index >= 15 is 0 Å². The number of aromatic nitrogens is 4. The van der Waals surface area contributed by atoms with Crippen LogP contribution in [0.1, 0.15) is 70.3 Å². The van der Waals surface area contributed by atoms with Crippen LogP contribution >= 0.6 is 0 Å². The lowest BCUT2D eigenvalue weighted by Gasteiger charge is -2.43. The van der Waals surface area contributed by atoms with E-state index in [2.05, 4.69) is 64.9 Å². The van der Waals surface area contributed by atoms with Crippen LogP contribution in [0.5, 0.6) is 0 Å². The van der Waals surface area contributed by atoms with E-state index in [1.807, 2.05) is 24.3 Å². The van der Waals surface area contributed by atoms with Crippen molar-refractivity contribution in [2.24, 2.45) is 0 Å². The van der Waals surface area contributed by atoms with E-state index in [9.17, 15) is 14.7 Å². The molecule has 3 heterocycles. The number of nitrogens with one attached hydrogen (secondary N) is 2. The van der Waals surface area contributed by atoms with Crippen molar-refractivity contribution in [1.82, 2.24) is 24.9 Å². The van der Waals surface area contributed by atoms with E-state index in [0.717, 1.165) is 83.8 Å². The van der Waals surface area contributed by atoms with Crippen LogP contribution in [-0.4, -0.2) is 36.7 Å². The molecule has 0 aliphatic heterocycles. The van der Waals surface area contributed by atoms with Gasteiger partial charge in [0, 0.05) is 29.1 Å². The molecule has 1 saturated carbocycles. The molecule has 0 bridgehead atoms. The summed E-state index contributed by atoms with van der Waals surface area (Å²) in [6, 6.07) is 22.3. The zero-order valence-electron chi connectivity index (χ0n) is 24.0. The molecule has 8 heteroatoms.